The number of carboxylic acid groups (broad SMARTS) is 1. The molecule has 1 aromatic carbocycles. The lowest BCUT2D eigenvalue weighted by molar-refractivity contribution is 0.0695. The number of aromatic amines is 1. The predicted molar refractivity (Wildman–Crippen MR) is 124 cm³/mol. The van der Waals surface area contributed by atoms with Gasteiger partial charge in [0.25, 0.3) is 5.56 Å². The Hall–Kier alpha value is -2.60. The van der Waals surface area contributed by atoms with Crippen LogP contribution in [0.25, 0.3) is 11.3 Å². The van der Waals surface area contributed by atoms with Gasteiger partial charge in [-0.25, -0.2) is 4.79 Å². The Morgan fingerprint density at radius 2 is 2.00 bits per heavy atom. The lowest BCUT2D eigenvalue weighted by Gasteiger charge is -2.40. The molecular weight excluding hydrogens is 390 g/mol. The second-order valence-corrected chi connectivity index (χ2v) is 9.54. The zero-order valence-electron chi connectivity index (χ0n) is 18.8. The molecule has 1 aliphatic carbocycles. The molecular formula is C25H33N3O3. The molecule has 0 spiro atoms. The maximum absolute atomic E-state index is 12.2. The Morgan fingerprint density at radius 1 is 1.26 bits per heavy atom. The number of hydrogen-bond donors (Lipinski definition) is 2. The van der Waals surface area contributed by atoms with Crippen LogP contribution in [0.2, 0.25) is 0 Å². The smallest absolute Gasteiger partial charge is 0.341 e. The molecule has 0 unspecified atom stereocenters. The molecule has 2 heterocycles. The van der Waals surface area contributed by atoms with Crippen LogP contribution in [0.1, 0.15) is 48.5 Å². The second kappa shape index (κ2) is 8.50. The zero-order valence-corrected chi connectivity index (χ0v) is 18.8. The largest absolute Gasteiger partial charge is 0.477 e. The number of fused-ring (bicyclic) bond motifs is 1. The summed E-state index contributed by atoms with van der Waals surface area (Å²) in [6.07, 6.45) is 5.94. The first-order chi connectivity index (χ1) is 14.8. The van der Waals surface area contributed by atoms with E-state index in [2.05, 4.69) is 41.0 Å². The summed E-state index contributed by atoms with van der Waals surface area (Å²) in [5.41, 5.74) is 3.30. The molecule has 0 amide bonds. The van der Waals surface area contributed by atoms with Crippen molar-refractivity contribution < 1.29 is 9.90 Å². The van der Waals surface area contributed by atoms with Gasteiger partial charge in [-0.1, -0.05) is 31.9 Å². The third kappa shape index (κ3) is 4.13. The average molecular weight is 424 g/mol. The number of aryl methyl sites for hydroxylation is 1. The van der Waals surface area contributed by atoms with E-state index in [0.29, 0.717) is 17.5 Å². The van der Waals surface area contributed by atoms with Crippen LogP contribution in [-0.2, 0) is 6.42 Å². The van der Waals surface area contributed by atoms with Crippen molar-refractivity contribution in [3.05, 3.63) is 51.8 Å². The summed E-state index contributed by atoms with van der Waals surface area (Å²) in [5.74, 6) is -0.449. The highest BCUT2D eigenvalue weighted by Gasteiger charge is 2.47. The SMILES string of the molecule is CCc1cc(C(=O)O)c(=O)[nH]c1-c1ccc(N2C[C@H]3CCCC[C@]3(CN(C)C)C2)cc1. The van der Waals surface area contributed by atoms with Gasteiger partial charge in [-0.05, 0) is 68.6 Å². The number of aromatic nitrogens is 1. The molecule has 0 radical (unpaired) electrons. The Morgan fingerprint density at radius 3 is 2.65 bits per heavy atom. The van der Waals surface area contributed by atoms with E-state index in [0.717, 1.165) is 36.7 Å². The van der Waals surface area contributed by atoms with Gasteiger partial charge in [-0.3, -0.25) is 4.79 Å². The average Bonchev–Trinajstić information content (AvgIpc) is 3.12. The van der Waals surface area contributed by atoms with Gasteiger partial charge in [0.05, 0.1) is 5.69 Å². The zero-order chi connectivity index (χ0) is 22.2. The highest BCUT2D eigenvalue weighted by Crippen LogP contribution is 2.48. The fourth-order valence-electron chi connectivity index (χ4n) is 5.77. The van der Waals surface area contributed by atoms with E-state index in [4.69, 9.17) is 0 Å². The molecule has 6 heteroatoms. The number of nitrogens with one attached hydrogen (secondary N) is 1. The van der Waals surface area contributed by atoms with Gasteiger partial charge in [-0.15, -0.1) is 0 Å². The molecule has 1 saturated heterocycles. The van der Waals surface area contributed by atoms with Gasteiger partial charge in [0.15, 0.2) is 0 Å². The molecule has 0 bridgehead atoms. The number of carbonyl (C=O) groups is 1. The summed E-state index contributed by atoms with van der Waals surface area (Å²) in [5, 5.41) is 9.24. The first-order valence-corrected chi connectivity index (χ1v) is 11.3. The van der Waals surface area contributed by atoms with Crippen LogP contribution < -0.4 is 10.5 Å². The molecule has 2 N–H and O–H groups in total. The van der Waals surface area contributed by atoms with E-state index in [9.17, 15) is 14.7 Å². The number of benzene rings is 1. The Labute approximate surface area is 183 Å². The van der Waals surface area contributed by atoms with Crippen LogP contribution in [0.5, 0.6) is 0 Å². The molecule has 6 nitrogen and oxygen atoms in total. The Balaban J connectivity index is 1.60. The lowest BCUT2D eigenvalue weighted by atomic mass is 9.68. The third-order valence-corrected chi connectivity index (χ3v) is 7.18. The molecule has 2 aromatic rings. The maximum Gasteiger partial charge on any atom is 0.341 e. The van der Waals surface area contributed by atoms with Crippen LogP contribution in [0.15, 0.2) is 35.1 Å². The lowest BCUT2D eigenvalue weighted by Crippen LogP contribution is -2.42. The molecule has 1 aliphatic heterocycles. The Bertz CT molecular complexity index is 1010. The summed E-state index contributed by atoms with van der Waals surface area (Å²) in [4.78, 5) is 31.2. The fraction of sp³-hybridized carbons (Fsp3) is 0.520. The Kier molecular flexibility index (Phi) is 5.93. The second-order valence-electron chi connectivity index (χ2n) is 9.54. The fourth-order valence-corrected chi connectivity index (χ4v) is 5.77. The molecule has 166 valence electrons. The number of hydrogen-bond acceptors (Lipinski definition) is 4. The summed E-state index contributed by atoms with van der Waals surface area (Å²) in [6.45, 7) is 5.31. The van der Waals surface area contributed by atoms with Crippen molar-refractivity contribution in [2.45, 2.75) is 39.0 Å². The van der Waals surface area contributed by atoms with E-state index in [1.807, 2.05) is 19.1 Å². The van der Waals surface area contributed by atoms with Crippen molar-refractivity contribution in [2.24, 2.45) is 11.3 Å². The summed E-state index contributed by atoms with van der Waals surface area (Å²) < 4.78 is 0. The number of H-pyrrole nitrogens is 1. The van der Waals surface area contributed by atoms with Crippen molar-refractivity contribution in [3.8, 4) is 11.3 Å². The van der Waals surface area contributed by atoms with Crippen LogP contribution in [0.4, 0.5) is 5.69 Å². The van der Waals surface area contributed by atoms with Crippen molar-refractivity contribution >= 4 is 11.7 Å². The number of pyridine rings is 1. The molecule has 2 fully saturated rings. The number of anilines is 1. The van der Waals surface area contributed by atoms with Gasteiger partial charge < -0.3 is 19.9 Å². The van der Waals surface area contributed by atoms with Crippen LogP contribution >= 0.6 is 0 Å². The van der Waals surface area contributed by atoms with E-state index in [-0.39, 0.29) is 5.56 Å². The van der Waals surface area contributed by atoms with Crippen molar-refractivity contribution in [2.75, 3.05) is 38.6 Å². The van der Waals surface area contributed by atoms with Gasteiger partial charge in [0, 0.05) is 30.7 Å². The summed E-state index contributed by atoms with van der Waals surface area (Å²) in [6, 6.07) is 9.86. The number of carboxylic acids is 1. The highest BCUT2D eigenvalue weighted by molar-refractivity contribution is 5.88. The molecule has 1 saturated carbocycles. The van der Waals surface area contributed by atoms with E-state index >= 15 is 0 Å². The summed E-state index contributed by atoms with van der Waals surface area (Å²) in [7, 11) is 4.36. The van der Waals surface area contributed by atoms with Crippen molar-refractivity contribution in [1.82, 2.24) is 9.88 Å². The van der Waals surface area contributed by atoms with Gasteiger partial charge in [0.1, 0.15) is 5.56 Å². The number of rotatable bonds is 6. The van der Waals surface area contributed by atoms with Crippen molar-refractivity contribution in [3.63, 3.8) is 0 Å². The minimum atomic E-state index is -1.19. The molecule has 31 heavy (non-hydrogen) atoms. The summed E-state index contributed by atoms with van der Waals surface area (Å²) >= 11 is 0. The molecule has 2 aliphatic rings. The molecule has 4 rings (SSSR count). The maximum atomic E-state index is 12.2. The molecule has 1 aromatic heterocycles. The van der Waals surface area contributed by atoms with Crippen LogP contribution in [-0.4, -0.2) is 54.7 Å². The highest BCUT2D eigenvalue weighted by atomic mass is 16.4. The van der Waals surface area contributed by atoms with Gasteiger partial charge in [-0.2, -0.15) is 0 Å². The van der Waals surface area contributed by atoms with Gasteiger partial charge in [0.2, 0.25) is 0 Å². The third-order valence-electron chi connectivity index (χ3n) is 7.18. The van der Waals surface area contributed by atoms with Crippen LogP contribution in [0.3, 0.4) is 0 Å². The topological polar surface area (TPSA) is 76.6 Å². The first-order valence-electron chi connectivity index (χ1n) is 11.3. The van der Waals surface area contributed by atoms with Gasteiger partial charge >= 0.3 is 5.97 Å². The van der Waals surface area contributed by atoms with Crippen molar-refractivity contribution in [1.29, 1.82) is 0 Å². The minimum Gasteiger partial charge on any atom is -0.477 e. The minimum absolute atomic E-state index is 0.205. The standard InChI is InChI=1S/C25H33N3O3/c1-4-17-13-21(24(30)31)23(29)26-22(17)18-8-10-20(11-9-18)28-14-19-7-5-6-12-25(19,16-28)15-27(2)3/h8-11,13,19H,4-7,12,14-16H2,1-3H3,(H,26,29)(H,30,31)/t19-,25+/m1/s1. The number of nitrogens with zero attached hydrogens (tertiary/aromatic N) is 2. The van der Waals surface area contributed by atoms with E-state index in [1.165, 1.54) is 37.4 Å². The monoisotopic (exact) mass is 423 g/mol. The van der Waals surface area contributed by atoms with E-state index in [1.54, 1.807) is 0 Å². The quantitative estimate of drug-likeness (QED) is 0.738. The first kappa shape index (κ1) is 21.6. The number of aromatic carboxylic acids is 1. The van der Waals surface area contributed by atoms with Crippen LogP contribution in [0, 0.1) is 11.3 Å². The predicted octanol–water partition coefficient (Wildman–Crippen LogP) is 3.86. The normalized spacial score (nSPS) is 23.2. The molecule has 2 atom stereocenters. The van der Waals surface area contributed by atoms with E-state index < -0.39 is 11.5 Å².